The number of hydrogen-bond acceptors (Lipinski definition) is 2. The molecule has 0 aliphatic heterocycles. The maximum atomic E-state index is 13.8. The van der Waals surface area contributed by atoms with Gasteiger partial charge in [0.1, 0.15) is 5.82 Å². The monoisotopic (exact) mass is 332 g/mol. The van der Waals surface area contributed by atoms with Crippen molar-refractivity contribution in [3.05, 3.63) is 68.4 Å². The first-order chi connectivity index (χ1) is 9.49. The molecule has 0 heterocycles. The minimum Gasteiger partial charge on any atom is -0.271 e. The Morgan fingerprint density at radius 3 is 2.20 bits per heavy atom. The normalized spacial score (nSPS) is 12.4. The first kappa shape index (κ1) is 15.5. The van der Waals surface area contributed by atoms with Crippen molar-refractivity contribution < 1.29 is 4.39 Å². The summed E-state index contributed by atoms with van der Waals surface area (Å²) < 4.78 is 13.8. The van der Waals surface area contributed by atoms with E-state index in [1.54, 1.807) is 30.3 Å². The van der Waals surface area contributed by atoms with E-state index in [4.69, 9.17) is 40.6 Å². The summed E-state index contributed by atoms with van der Waals surface area (Å²) in [7, 11) is 0. The highest BCUT2D eigenvalue weighted by Gasteiger charge is 2.14. The van der Waals surface area contributed by atoms with Crippen molar-refractivity contribution in [1.29, 1.82) is 0 Å². The quantitative estimate of drug-likeness (QED) is 0.637. The van der Waals surface area contributed by atoms with Crippen molar-refractivity contribution in [1.82, 2.24) is 5.43 Å². The standard InChI is InChI=1S/C14H12Cl3FN2/c15-10-2-1-8(13(18)7-10)5-14(20-19)9-3-11(16)6-12(17)4-9/h1-4,6-7,14,20H,5,19H2. The van der Waals surface area contributed by atoms with E-state index >= 15 is 0 Å². The Bertz CT molecular complexity index is 599. The zero-order valence-electron chi connectivity index (χ0n) is 10.3. The van der Waals surface area contributed by atoms with E-state index < -0.39 is 0 Å². The Morgan fingerprint density at radius 2 is 1.65 bits per heavy atom. The summed E-state index contributed by atoms with van der Waals surface area (Å²) in [5.74, 6) is 5.18. The van der Waals surface area contributed by atoms with Gasteiger partial charge < -0.3 is 0 Å². The Balaban J connectivity index is 2.28. The summed E-state index contributed by atoms with van der Waals surface area (Å²) in [4.78, 5) is 0. The van der Waals surface area contributed by atoms with Gasteiger partial charge in [-0.3, -0.25) is 11.3 Å². The number of nitrogens with two attached hydrogens (primary N) is 1. The predicted octanol–water partition coefficient (Wildman–Crippen LogP) is 4.53. The SMILES string of the molecule is NNC(Cc1ccc(Cl)cc1F)c1cc(Cl)cc(Cl)c1. The van der Waals surface area contributed by atoms with Crippen LogP contribution in [0.25, 0.3) is 0 Å². The van der Waals surface area contributed by atoms with Crippen molar-refractivity contribution in [3.63, 3.8) is 0 Å². The van der Waals surface area contributed by atoms with Crippen LogP contribution in [-0.2, 0) is 6.42 Å². The molecule has 0 fully saturated rings. The van der Waals surface area contributed by atoms with Crippen LogP contribution in [-0.4, -0.2) is 0 Å². The fourth-order valence-electron chi connectivity index (χ4n) is 1.96. The summed E-state index contributed by atoms with van der Waals surface area (Å²) >= 11 is 17.7. The van der Waals surface area contributed by atoms with Crippen LogP contribution in [0.5, 0.6) is 0 Å². The molecule has 0 aliphatic rings. The van der Waals surface area contributed by atoms with Crippen LogP contribution in [0.15, 0.2) is 36.4 Å². The number of hydrazine groups is 1. The predicted molar refractivity (Wildman–Crippen MR) is 81.6 cm³/mol. The summed E-state index contributed by atoms with van der Waals surface area (Å²) in [6.45, 7) is 0. The highest BCUT2D eigenvalue weighted by molar-refractivity contribution is 6.34. The largest absolute Gasteiger partial charge is 0.271 e. The third-order valence-electron chi connectivity index (χ3n) is 2.93. The Kier molecular flexibility index (Phi) is 5.24. The Morgan fingerprint density at radius 1 is 1.00 bits per heavy atom. The highest BCUT2D eigenvalue weighted by atomic mass is 35.5. The van der Waals surface area contributed by atoms with E-state index in [0.29, 0.717) is 27.1 Å². The van der Waals surface area contributed by atoms with Crippen LogP contribution >= 0.6 is 34.8 Å². The molecule has 6 heteroatoms. The van der Waals surface area contributed by atoms with Crippen molar-refractivity contribution in [2.24, 2.45) is 5.84 Å². The minimum atomic E-state index is -0.370. The Labute approximate surface area is 131 Å². The van der Waals surface area contributed by atoms with E-state index in [-0.39, 0.29) is 11.9 Å². The first-order valence-electron chi connectivity index (χ1n) is 5.85. The van der Waals surface area contributed by atoms with E-state index in [0.717, 1.165) is 5.56 Å². The highest BCUT2D eigenvalue weighted by Crippen LogP contribution is 2.26. The van der Waals surface area contributed by atoms with Gasteiger partial charge in [-0.25, -0.2) is 4.39 Å². The average molecular weight is 334 g/mol. The smallest absolute Gasteiger partial charge is 0.127 e. The number of rotatable bonds is 4. The van der Waals surface area contributed by atoms with Crippen molar-refractivity contribution in [2.75, 3.05) is 0 Å². The lowest BCUT2D eigenvalue weighted by Crippen LogP contribution is -2.29. The van der Waals surface area contributed by atoms with Gasteiger partial charge in [0.05, 0.1) is 6.04 Å². The summed E-state index contributed by atoms with van der Waals surface area (Å²) in [5.41, 5.74) is 3.95. The molecule has 1 unspecified atom stereocenters. The molecular weight excluding hydrogens is 322 g/mol. The number of nitrogens with one attached hydrogen (secondary N) is 1. The van der Waals surface area contributed by atoms with Crippen LogP contribution in [0.3, 0.4) is 0 Å². The molecule has 0 amide bonds. The van der Waals surface area contributed by atoms with Crippen molar-refractivity contribution in [2.45, 2.75) is 12.5 Å². The molecule has 0 saturated heterocycles. The molecule has 0 spiro atoms. The molecule has 0 bridgehead atoms. The lowest BCUT2D eigenvalue weighted by molar-refractivity contribution is 0.529. The van der Waals surface area contributed by atoms with E-state index in [9.17, 15) is 4.39 Å². The molecule has 0 saturated carbocycles. The molecular formula is C14H12Cl3FN2. The fourth-order valence-corrected chi connectivity index (χ4v) is 2.66. The van der Waals surface area contributed by atoms with Crippen LogP contribution in [0, 0.1) is 5.82 Å². The summed E-state index contributed by atoms with van der Waals surface area (Å²) in [6.07, 6.45) is 0.357. The summed E-state index contributed by atoms with van der Waals surface area (Å²) in [5, 5.41) is 1.36. The molecule has 0 aromatic heterocycles. The van der Waals surface area contributed by atoms with Gasteiger partial charge in [-0.15, -0.1) is 0 Å². The topological polar surface area (TPSA) is 38.0 Å². The lowest BCUT2D eigenvalue weighted by atomic mass is 9.99. The third-order valence-corrected chi connectivity index (χ3v) is 3.60. The van der Waals surface area contributed by atoms with E-state index in [2.05, 4.69) is 5.43 Å². The fraction of sp³-hybridized carbons (Fsp3) is 0.143. The molecule has 106 valence electrons. The van der Waals surface area contributed by atoms with Gasteiger partial charge in [-0.05, 0) is 47.9 Å². The molecule has 20 heavy (non-hydrogen) atoms. The molecule has 2 rings (SSSR count). The number of hydrogen-bond donors (Lipinski definition) is 2. The zero-order valence-corrected chi connectivity index (χ0v) is 12.6. The van der Waals surface area contributed by atoms with Gasteiger partial charge in [-0.2, -0.15) is 0 Å². The zero-order chi connectivity index (χ0) is 14.7. The molecule has 2 aromatic rings. The van der Waals surface area contributed by atoms with Gasteiger partial charge in [0.25, 0.3) is 0 Å². The summed E-state index contributed by atoms with van der Waals surface area (Å²) in [6, 6.07) is 9.35. The van der Waals surface area contributed by atoms with Crippen LogP contribution in [0.1, 0.15) is 17.2 Å². The lowest BCUT2D eigenvalue weighted by Gasteiger charge is -2.17. The molecule has 1 atom stereocenters. The van der Waals surface area contributed by atoms with E-state index in [1.807, 2.05) is 0 Å². The van der Waals surface area contributed by atoms with Gasteiger partial charge in [0.15, 0.2) is 0 Å². The maximum absolute atomic E-state index is 13.8. The molecule has 3 N–H and O–H groups in total. The van der Waals surface area contributed by atoms with Crippen LogP contribution in [0.4, 0.5) is 4.39 Å². The second kappa shape index (κ2) is 6.74. The second-order valence-corrected chi connectivity index (χ2v) is 5.67. The van der Waals surface area contributed by atoms with Crippen LogP contribution < -0.4 is 11.3 Å². The van der Waals surface area contributed by atoms with E-state index in [1.165, 1.54) is 6.07 Å². The third kappa shape index (κ3) is 3.84. The molecule has 2 nitrogen and oxygen atoms in total. The van der Waals surface area contributed by atoms with Crippen molar-refractivity contribution in [3.8, 4) is 0 Å². The molecule has 0 aliphatic carbocycles. The second-order valence-electron chi connectivity index (χ2n) is 4.36. The minimum absolute atomic E-state index is 0.304. The average Bonchev–Trinajstić information content (AvgIpc) is 2.36. The molecule has 2 aromatic carbocycles. The van der Waals surface area contributed by atoms with Gasteiger partial charge in [0, 0.05) is 15.1 Å². The van der Waals surface area contributed by atoms with Gasteiger partial charge in [-0.1, -0.05) is 40.9 Å². The van der Waals surface area contributed by atoms with Gasteiger partial charge >= 0.3 is 0 Å². The van der Waals surface area contributed by atoms with Gasteiger partial charge in [0.2, 0.25) is 0 Å². The Hall–Kier alpha value is -0.840. The first-order valence-corrected chi connectivity index (χ1v) is 6.99. The number of benzene rings is 2. The van der Waals surface area contributed by atoms with Crippen LogP contribution in [0.2, 0.25) is 15.1 Å². The number of halogens is 4. The molecule has 0 radical (unpaired) electrons. The maximum Gasteiger partial charge on any atom is 0.127 e. The van der Waals surface area contributed by atoms with Crippen molar-refractivity contribution >= 4 is 34.8 Å².